The summed E-state index contributed by atoms with van der Waals surface area (Å²) >= 11 is 6.48. The van der Waals surface area contributed by atoms with Crippen LogP contribution in [0, 0.1) is 6.92 Å². The molecule has 1 amide bonds. The van der Waals surface area contributed by atoms with Crippen molar-refractivity contribution in [2.75, 3.05) is 0 Å². The van der Waals surface area contributed by atoms with E-state index in [4.69, 9.17) is 11.6 Å². The van der Waals surface area contributed by atoms with Crippen LogP contribution in [0.5, 0.6) is 0 Å². The van der Waals surface area contributed by atoms with Crippen molar-refractivity contribution >= 4 is 34.1 Å². The van der Waals surface area contributed by atoms with Crippen LogP contribution in [0.15, 0.2) is 54.2 Å². The highest BCUT2D eigenvalue weighted by Crippen LogP contribution is 2.35. The number of carbonyl (C=O) groups is 1. The van der Waals surface area contributed by atoms with Crippen LogP contribution in [0.25, 0.3) is 16.6 Å². The molecule has 5 rings (SSSR count). The molecule has 0 spiro atoms. The van der Waals surface area contributed by atoms with Crippen LogP contribution < -0.4 is 5.32 Å². The average molecular weight is 477 g/mol. The summed E-state index contributed by atoms with van der Waals surface area (Å²) in [5.41, 5.74) is 5.62. The number of hydrogen-bond donors (Lipinski definition) is 2. The van der Waals surface area contributed by atoms with Crippen molar-refractivity contribution in [1.82, 2.24) is 24.6 Å². The molecule has 1 aliphatic rings. The predicted molar refractivity (Wildman–Crippen MR) is 131 cm³/mol. The molecular weight excluding hydrogens is 452 g/mol. The van der Waals surface area contributed by atoms with E-state index in [-0.39, 0.29) is 5.91 Å². The van der Waals surface area contributed by atoms with E-state index < -0.39 is 5.54 Å². The lowest BCUT2D eigenvalue weighted by atomic mass is 9.89. The fourth-order valence-electron chi connectivity index (χ4n) is 4.86. The highest BCUT2D eigenvalue weighted by atomic mass is 35.5. The van der Waals surface area contributed by atoms with E-state index in [1.54, 1.807) is 29.4 Å². The number of oxime groups is 1. The quantitative estimate of drug-likeness (QED) is 0.257. The number of fused-ring (bicyclic) bond motifs is 3. The van der Waals surface area contributed by atoms with Gasteiger partial charge in [0.25, 0.3) is 5.91 Å². The van der Waals surface area contributed by atoms with E-state index >= 15 is 0 Å². The number of rotatable bonds is 4. The van der Waals surface area contributed by atoms with E-state index in [0.717, 1.165) is 46.3 Å². The molecule has 0 radical (unpaired) electrons. The van der Waals surface area contributed by atoms with Gasteiger partial charge in [0.15, 0.2) is 0 Å². The van der Waals surface area contributed by atoms with Gasteiger partial charge in [0.1, 0.15) is 12.7 Å². The van der Waals surface area contributed by atoms with Crippen molar-refractivity contribution < 1.29 is 10.0 Å². The molecule has 4 aromatic rings. The lowest BCUT2D eigenvalue weighted by molar-refractivity contribution is 0.0884. The van der Waals surface area contributed by atoms with Gasteiger partial charge >= 0.3 is 0 Å². The fraction of sp³-hybridized carbons (Fsp3) is 0.280. The first-order valence-electron chi connectivity index (χ1n) is 11.1. The molecule has 0 unspecified atom stereocenters. The summed E-state index contributed by atoms with van der Waals surface area (Å²) in [5.74, 6) is -0.216. The molecule has 2 aromatic heterocycles. The molecule has 0 fully saturated rings. The van der Waals surface area contributed by atoms with Gasteiger partial charge in [-0.2, -0.15) is 0 Å². The maximum Gasteiger partial charge on any atom is 0.253 e. The van der Waals surface area contributed by atoms with Gasteiger partial charge in [-0.3, -0.25) is 9.36 Å². The molecule has 2 aromatic carbocycles. The van der Waals surface area contributed by atoms with E-state index in [9.17, 15) is 10.0 Å². The molecule has 1 aliphatic heterocycles. The number of aromatic nitrogens is 4. The second kappa shape index (κ2) is 8.29. The van der Waals surface area contributed by atoms with Gasteiger partial charge in [-0.15, -0.1) is 10.2 Å². The monoisotopic (exact) mass is 476 g/mol. The van der Waals surface area contributed by atoms with Crippen molar-refractivity contribution in [1.29, 1.82) is 0 Å². The summed E-state index contributed by atoms with van der Waals surface area (Å²) in [6.45, 7) is 6.52. The smallest absolute Gasteiger partial charge is 0.253 e. The number of amides is 1. The molecule has 174 valence electrons. The number of aryl methyl sites for hydroxylation is 1. The molecule has 9 heteroatoms. The molecule has 34 heavy (non-hydrogen) atoms. The second-order valence-corrected chi connectivity index (χ2v) is 9.57. The molecule has 8 nitrogen and oxygen atoms in total. The summed E-state index contributed by atoms with van der Waals surface area (Å²) in [4.78, 5) is 13.2. The minimum Gasteiger partial charge on any atom is -0.411 e. The van der Waals surface area contributed by atoms with E-state index in [0.29, 0.717) is 22.8 Å². The van der Waals surface area contributed by atoms with Crippen LogP contribution >= 0.6 is 11.6 Å². The number of halogens is 1. The van der Waals surface area contributed by atoms with Gasteiger partial charge in [-0.1, -0.05) is 28.4 Å². The van der Waals surface area contributed by atoms with Gasteiger partial charge in [-0.25, -0.2) is 0 Å². The van der Waals surface area contributed by atoms with E-state index in [1.807, 2.05) is 19.9 Å². The first-order valence-corrected chi connectivity index (χ1v) is 11.5. The molecule has 0 saturated heterocycles. The number of nitrogens with zero attached hydrogens (tertiary/aromatic N) is 5. The van der Waals surface area contributed by atoms with Crippen LogP contribution in [0.1, 0.15) is 47.4 Å². The van der Waals surface area contributed by atoms with Crippen molar-refractivity contribution in [2.24, 2.45) is 5.16 Å². The van der Waals surface area contributed by atoms with E-state index in [2.05, 4.69) is 50.4 Å². The Morgan fingerprint density at radius 1 is 1.21 bits per heavy atom. The molecule has 3 heterocycles. The fourth-order valence-corrected chi connectivity index (χ4v) is 5.12. The van der Waals surface area contributed by atoms with Gasteiger partial charge in [0.2, 0.25) is 0 Å². The Morgan fingerprint density at radius 2 is 1.97 bits per heavy atom. The first kappa shape index (κ1) is 22.2. The summed E-state index contributed by atoms with van der Waals surface area (Å²) in [6, 6.07) is 11.6. The molecule has 1 atom stereocenters. The lowest BCUT2D eigenvalue weighted by Gasteiger charge is -2.36. The number of nitrogens with one attached hydrogen (secondary N) is 1. The number of benzene rings is 2. The van der Waals surface area contributed by atoms with Gasteiger partial charge in [0.05, 0.1) is 21.8 Å². The van der Waals surface area contributed by atoms with E-state index in [1.165, 1.54) is 0 Å². The average Bonchev–Trinajstić information content (AvgIpc) is 3.44. The summed E-state index contributed by atoms with van der Waals surface area (Å²) < 4.78 is 3.96. The zero-order chi connectivity index (χ0) is 24.0. The van der Waals surface area contributed by atoms with Crippen molar-refractivity contribution in [3.8, 4) is 5.69 Å². The first-order chi connectivity index (χ1) is 16.3. The number of hydrogen-bond acceptors (Lipinski definition) is 5. The largest absolute Gasteiger partial charge is 0.411 e. The van der Waals surface area contributed by atoms with Gasteiger partial charge in [0, 0.05) is 34.4 Å². The Kier molecular flexibility index (Phi) is 5.40. The second-order valence-electron chi connectivity index (χ2n) is 9.16. The minimum atomic E-state index is -0.473. The van der Waals surface area contributed by atoms with Crippen molar-refractivity contribution in [3.63, 3.8) is 0 Å². The Hall–Kier alpha value is -3.65. The normalized spacial score (nSPS) is 18.2. The zero-order valence-corrected chi connectivity index (χ0v) is 20.0. The molecule has 2 N–H and O–H groups in total. The Bertz CT molecular complexity index is 1440. The zero-order valence-electron chi connectivity index (χ0n) is 19.2. The third-order valence-corrected chi connectivity index (χ3v) is 6.90. The SMILES string of the molecule is C/C(=N/O)c1c2n(c3ccc(C)cc13)C[C@](C)(NC(=O)c1ccc(-n3cnnc3)cc1Cl)CC2. The van der Waals surface area contributed by atoms with Crippen molar-refractivity contribution in [3.05, 3.63) is 76.5 Å². The highest BCUT2D eigenvalue weighted by molar-refractivity contribution is 6.34. The van der Waals surface area contributed by atoms with Crippen LogP contribution in [0.4, 0.5) is 0 Å². The Morgan fingerprint density at radius 3 is 2.68 bits per heavy atom. The van der Waals surface area contributed by atoms with Crippen LogP contribution in [-0.4, -0.2) is 41.7 Å². The number of carbonyl (C=O) groups excluding carboxylic acids is 1. The van der Waals surface area contributed by atoms with Gasteiger partial charge in [-0.05, 0) is 63.9 Å². The van der Waals surface area contributed by atoms with Gasteiger partial charge < -0.3 is 15.1 Å². The Labute approximate surface area is 201 Å². The van der Waals surface area contributed by atoms with Crippen LogP contribution in [0.3, 0.4) is 0 Å². The third kappa shape index (κ3) is 3.74. The maximum atomic E-state index is 13.2. The Balaban J connectivity index is 1.45. The van der Waals surface area contributed by atoms with Crippen molar-refractivity contribution in [2.45, 2.75) is 45.7 Å². The topological polar surface area (TPSA) is 97.3 Å². The standard InChI is InChI=1S/C25H25ClN6O2/c1-15-4-7-21-19(10-15)23(16(2)30-34)22-8-9-25(3,12-32(21)22)29-24(33)18-6-5-17(11-20(18)26)31-13-27-28-14-31/h4-7,10-11,13-14,34H,8-9,12H2,1-3H3,(H,29,33)/b30-16-/t25-/m1/s1. The maximum absolute atomic E-state index is 13.2. The molecular formula is C25H25ClN6O2. The predicted octanol–water partition coefficient (Wildman–Crippen LogP) is 4.52. The minimum absolute atomic E-state index is 0.216. The molecule has 0 aliphatic carbocycles. The van der Waals surface area contributed by atoms with Crippen LogP contribution in [-0.2, 0) is 13.0 Å². The summed E-state index contributed by atoms with van der Waals surface area (Å²) in [7, 11) is 0. The summed E-state index contributed by atoms with van der Waals surface area (Å²) in [6.07, 6.45) is 4.64. The molecule has 0 saturated carbocycles. The lowest BCUT2D eigenvalue weighted by Crippen LogP contribution is -2.51. The highest BCUT2D eigenvalue weighted by Gasteiger charge is 2.35. The third-order valence-electron chi connectivity index (χ3n) is 6.59. The molecule has 0 bridgehead atoms. The summed E-state index contributed by atoms with van der Waals surface area (Å²) in [5, 5.41) is 25.2. The van der Waals surface area contributed by atoms with Crippen LogP contribution in [0.2, 0.25) is 5.02 Å².